The molecule has 0 aliphatic carbocycles. The smallest absolute Gasteiger partial charge is 0.163 e. The van der Waals surface area contributed by atoms with E-state index in [0.717, 1.165) is 41.7 Å². The van der Waals surface area contributed by atoms with Crippen LogP contribution < -0.4 is 10.6 Å². The van der Waals surface area contributed by atoms with Gasteiger partial charge in [-0.2, -0.15) is 0 Å². The van der Waals surface area contributed by atoms with E-state index in [9.17, 15) is 0 Å². The lowest BCUT2D eigenvalue weighted by Gasteiger charge is -2.19. The molecule has 1 aliphatic heterocycles. The van der Waals surface area contributed by atoms with Gasteiger partial charge in [0.1, 0.15) is 5.03 Å². The first kappa shape index (κ1) is 15.1. The lowest BCUT2D eigenvalue weighted by molar-refractivity contribution is 0.680. The average Bonchev–Trinajstić information content (AvgIpc) is 2.64. The van der Waals surface area contributed by atoms with Crippen molar-refractivity contribution >= 4 is 23.3 Å². The fourth-order valence-electron chi connectivity index (χ4n) is 2.59. The molecule has 0 radical (unpaired) electrons. The number of nitrogens with one attached hydrogen (secondary N) is 2. The Labute approximate surface area is 145 Å². The summed E-state index contributed by atoms with van der Waals surface area (Å²) in [5.74, 6) is 0.829. The number of aromatic nitrogens is 3. The molecule has 0 atom stereocenters. The third-order valence-corrected chi connectivity index (χ3v) is 4.85. The lowest BCUT2D eigenvalue weighted by atomic mass is 10.2. The molecule has 1 aromatic carbocycles. The molecule has 1 aliphatic rings. The van der Waals surface area contributed by atoms with Crippen molar-refractivity contribution in [3.8, 4) is 0 Å². The zero-order valence-electron chi connectivity index (χ0n) is 13.1. The minimum Gasteiger partial charge on any atom is -0.337 e. The fourth-order valence-corrected chi connectivity index (χ4v) is 3.46. The summed E-state index contributed by atoms with van der Waals surface area (Å²) in [6, 6.07) is 12.5. The largest absolute Gasteiger partial charge is 0.337 e. The van der Waals surface area contributed by atoms with Crippen LogP contribution in [-0.2, 0) is 13.0 Å². The van der Waals surface area contributed by atoms with E-state index in [1.165, 1.54) is 10.5 Å². The van der Waals surface area contributed by atoms with Crippen molar-refractivity contribution in [2.24, 2.45) is 0 Å². The number of anilines is 2. The highest BCUT2D eigenvalue weighted by molar-refractivity contribution is 7.99. The van der Waals surface area contributed by atoms with Gasteiger partial charge in [-0.15, -0.1) is 0 Å². The third-order valence-electron chi connectivity index (χ3n) is 3.78. The lowest BCUT2D eigenvalue weighted by Crippen LogP contribution is -2.17. The Kier molecular flexibility index (Phi) is 4.40. The zero-order chi connectivity index (χ0) is 16.2. The third kappa shape index (κ3) is 3.39. The van der Waals surface area contributed by atoms with Crippen LogP contribution in [0.4, 0.5) is 11.5 Å². The Morgan fingerprint density at radius 1 is 1.00 bits per heavy atom. The highest BCUT2D eigenvalue weighted by atomic mass is 32.2. The first-order chi connectivity index (χ1) is 11.9. The Balaban J connectivity index is 1.36. The van der Waals surface area contributed by atoms with Crippen molar-refractivity contribution in [1.82, 2.24) is 20.3 Å². The minimum absolute atomic E-state index is 0.829. The Morgan fingerprint density at radius 3 is 2.88 bits per heavy atom. The number of fused-ring (bicyclic) bond motifs is 2. The number of hydrogen-bond donors (Lipinski definition) is 2. The summed E-state index contributed by atoms with van der Waals surface area (Å²) in [4.78, 5) is 14.2. The van der Waals surface area contributed by atoms with E-state index in [0.29, 0.717) is 0 Å². The van der Waals surface area contributed by atoms with Crippen LogP contribution in [0.25, 0.3) is 0 Å². The molecule has 2 N–H and O–H groups in total. The van der Waals surface area contributed by atoms with Crippen molar-refractivity contribution in [1.29, 1.82) is 0 Å². The second kappa shape index (κ2) is 6.98. The van der Waals surface area contributed by atoms with Gasteiger partial charge in [0, 0.05) is 48.7 Å². The molecule has 0 fully saturated rings. The predicted octanol–water partition coefficient (Wildman–Crippen LogP) is 3.41. The van der Waals surface area contributed by atoms with Gasteiger partial charge in [0.2, 0.25) is 0 Å². The Bertz CT molecular complexity index is 838. The van der Waals surface area contributed by atoms with E-state index in [4.69, 9.17) is 0 Å². The van der Waals surface area contributed by atoms with Crippen LogP contribution in [0.5, 0.6) is 0 Å². The Morgan fingerprint density at radius 2 is 1.96 bits per heavy atom. The summed E-state index contributed by atoms with van der Waals surface area (Å²) < 4.78 is 0. The maximum Gasteiger partial charge on any atom is 0.163 e. The van der Waals surface area contributed by atoms with Crippen LogP contribution in [0.15, 0.2) is 64.9 Å². The van der Waals surface area contributed by atoms with E-state index in [1.54, 1.807) is 24.2 Å². The summed E-state index contributed by atoms with van der Waals surface area (Å²) in [5, 5.41) is 7.76. The van der Waals surface area contributed by atoms with Gasteiger partial charge in [-0.1, -0.05) is 23.9 Å². The molecule has 5 nitrogen and oxygen atoms in total. The van der Waals surface area contributed by atoms with Gasteiger partial charge in [0.25, 0.3) is 0 Å². The number of pyridine rings is 1. The number of hydrogen-bond acceptors (Lipinski definition) is 6. The molecule has 24 heavy (non-hydrogen) atoms. The standard InChI is InChI=1S/C18H17N5S/c1-2-7-20-14(3-1)6-8-19-12-13-4-5-16-15(11-13)23-17-18(24-16)22-10-9-21-17/h1-5,7,9-11,19H,6,8,12H2,(H,21,23). The fraction of sp³-hybridized carbons (Fsp3) is 0.167. The molecule has 4 rings (SSSR count). The van der Waals surface area contributed by atoms with E-state index < -0.39 is 0 Å². The zero-order valence-corrected chi connectivity index (χ0v) is 13.9. The second-order valence-electron chi connectivity index (χ2n) is 5.52. The van der Waals surface area contributed by atoms with Crippen LogP contribution in [0, 0.1) is 0 Å². The molecule has 0 saturated heterocycles. The summed E-state index contributed by atoms with van der Waals surface area (Å²) in [7, 11) is 0. The normalized spacial score (nSPS) is 12.2. The minimum atomic E-state index is 0.829. The SMILES string of the molecule is c1ccc(CCNCc2ccc3c(c2)Nc2nccnc2S3)nc1. The molecule has 3 aromatic rings. The molecule has 120 valence electrons. The van der Waals surface area contributed by atoms with Crippen LogP contribution in [-0.4, -0.2) is 21.5 Å². The average molecular weight is 335 g/mol. The van der Waals surface area contributed by atoms with Crippen LogP contribution >= 0.6 is 11.8 Å². The van der Waals surface area contributed by atoms with Gasteiger partial charge in [0.15, 0.2) is 5.82 Å². The number of nitrogens with zero attached hydrogens (tertiary/aromatic N) is 3. The van der Waals surface area contributed by atoms with Gasteiger partial charge in [0.05, 0.1) is 5.69 Å². The van der Waals surface area contributed by atoms with E-state index in [1.807, 2.05) is 18.3 Å². The summed E-state index contributed by atoms with van der Waals surface area (Å²) >= 11 is 1.65. The van der Waals surface area contributed by atoms with Crippen molar-refractivity contribution < 1.29 is 0 Å². The summed E-state index contributed by atoms with van der Waals surface area (Å²) in [5.41, 5.74) is 3.45. The van der Waals surface area contributed by atoms with E-state index in [-0.39, 0.29) is 0 Å². The van der Waals surface area contributed by atoms with E-state index in [2.05, 4.69) is 49.9 Å². The molecule has 0 saturated carbocycles. The second-order valence-corrected chi connectivity index (χ2v) is 6.55. The molecule has 0 bridgehead atoms. The van der Waals surface area contributed by atoms with Gasteiger partial charge in [-0.3, -0.25) is 4.98 Å². The molecule has 0 amide bonds. The highest BCUT2D eigenvalue weighted by Gasteiger charge is 2.17. The van der Waals surface area contributed by atoms with Crippen LogP contribution in [0.3, 0.4) is 0 Å². The molecule has 0 spiro atoms. The molecule has 6 heteroatoms. The molecular weight excluding hydrogens is 318 g/mol. The topological polar surface area (TPSA) is 62.7 Å². The molecule has 2 aromatic heterocycles. The summed E-state index contributed by atoms with van der Waals surface area (Å²) in [6.07, 6.45) is 6.20. The number of rotatable bonds is 5. The van der Waals surface area contributed by atoms with Gasteiger partial charge < -0.3 is 10.6 Å². The number of benzene rings is 1. The first-order valence-corrected chi connectivity index (χ1v) is 8.69. The van der Waals surface area contributed by atoms with Gasteiger partial charge >= 0.3 is 0 Å². The van der Waals surface area contributed by atoms with Gasteiger partial charge in [-0.25, -0.2) is 9.97 Å². The monoisotopic (exact) mass is 335 g/mol. The van der Waals surface area contributed by atoms with Crippen molar-refractivity contribution in [2.45, 2.75) is 22.9 Å². The van der Waals surface area contributed by atoms with Crippen molar-refractivity contribution in [3.63, 3.8) is 0 Å². The van der Waals surface area contributed by atoms with Crippen molar-refractivity contribution in [3.05, 3.63) is 66.2 Å². The molecule has 0 unspecified atom stereocenters. The predicted molar refractivity (Wildman–Crippen MR) is 95.5 cm³/mol. The maximum absolute atomic E-state index is 4.35. The quantitative estimate of drug-likeness (QED) is 0.545. The maximum atomic E-state index is 4.35. The highest BCUT2D eigenvalue weighted by Crippen LogP contribution is 2.41. The van der Waals surface area contributed by atoms with Crippen LogP contribution in [0.2, 0.25) is 0 Å². The molecule has 3 heterocycles. The summed E-state index contributed by atoms with van der Waals surface area (Å²) in [6.45, 7) is 1.74. The van der Waals surface area contributed by atoms with E-state index >= 15 is 0 Å². The van der Waals surface area contributed by atoms with Gasteiger partial charge in [-0.05, 0) is 29.8 Å². The molecular formula is C18H17N5S. The Hall–Kier alpha value is -2.44. The first-order valence-electron chi connectivity index (χ1n) is 7.88. The van der Waals surface area contributed by atoms with Crippen molar-refractivity contribution in [2.75, 3.05) is 11.9 Å². The van der Waals surface area contributed by atoms with Crippen LogP contribution in [0.1, 0.15) is 11.3 Å².